The number of carbonyl (C=O) groups excluding carboxylic acids is 1. The van der Waals surface area contributed by atoms with Gasteiger partial charge in [0.2, 0.25) is 6.41 Å². The van der Waals surface area contributed by atoms with Gasteiger partial charge in [0.15, 0.2) is 0 Å². The third kappa shape index (κ3) is 2.97. The van der Waals surface area contributed by atoms with Crippen molar-refractivity contribution in [1.29, 1.82) is 0 Å². The van der Waals surface area contributed by atoms with Crippen LogP contribution in [0.3, 0.4) is 0 Å². The normalized spacial score (nSPS) is 23.1. The zero-order chi connectivity index (χ0) is 15.5. The molecule has 1 aromatic carbocycles. The molecule has 1 atom stereocenters. The smallest absolute Gasteiger partial charge is 0.210 e. The molecular weight excluding hydrogens is 262 g/mol. The lowest BCUT2D eigenvalue weighted by molar-refractivity contribution is -0.123. The molecule has 1 heterocycles. The minimum Gasteiger partial charge on any atom is -0.496 e. The number of amides is 1. The van der Waals surface area contributed by atoms with Crippen molar-refractivity contribution in [3.63, 3.8) is 0 Å². The molecule has 21 heavy (non-hydrogen) atoms. The molecule has 2 rings (SSSR count). The summed E-state index contributed by atoms with van der Waals surface area (Å²) in [5, 5.41) is 0. The van der Waals surface area contributed by atoms with Crippen LogP contribution in [-0.4, -0.2) is 31.0 Å². The van der Waals surface area contributed by atoms with Gasteiger partial charge in [-0.25, -0.2) is 0 Å². The molecule has 1 aliphatic rings. The number of piperidine rings is 1. The summed E-state index contributed by atoms with van der Waals surface area (Å²) in [7, 11) is 1.69. The highest BCUT2D eigenvalue weighted by Crippen LogP contribution is 2.41. The maximum atomic E-state index is 11.5. The van der Waals surface area contributed by atoms with E-state index < -0.39 is 0 Å². The highest BCUT2D eigenvalue weighted by atomic mass is 16.5. The first-order valence-corrected chi connectivity index (χ1v) is 7.53. The summed E-state index contributed by atoms with van der Waals surface area (Å²) in [5.74, 6) is 0.895. The highest BCUT2D eigenvalue weighted by molar-refractivity contribution is 5.50. The van der Waals surface area contributed by atoms with Crippen molar-refractivity contribution >= 4 is 6.41 Å². The molecule has 1 unspecified atom stereocenters. The van der Waals surface area contributed by atoms with Crippen LogP contribution in [0.4, 0.5) is 0 Å². The lowest BCUT2D eigenvalue weighted by atomic mass is 9.70. The number of methoxy groups -OCH3 is 1. The number of hydrogen-bond acceptors (Lipinski definition) is 2. The molecule has 0 saturated carbocycles. The van der Waals surface area contributed by atoms with Crippen LogP contribution in [0.1, 0.15) is 32.8 Å². The molecule has 0 N–H and O–H groups in total. The van der Waals surface area contributed by atoms with Crippen LogP contribution in [0, 0.1) is 5.41 Å². The molecule has 0 aromatic heterocycles. The minimum absolute atomic E-state index is 0.0191. The van der Waals surface area contributed by atoms with E-state index in [4.69, 9.17) is 4.74 Å². The van der Waals surface area contributed by atoms with E-state index in [0.29, 0.717) is 0 Å². The molecule has 0 spiro atoms. The number of carbonyl (C=O) groups is 1. The Morgan fingerprint density at radius 2 is 2.10 bits per heavy atom. The van der Waals surface area contributed by atoms with Gasteiger partial charge in [0, 0.05) is 18.0 Å². The number of ether oxygens (including phenoxy) is 1. The van der Waals surface area contributed by atoms with E-state index in [1.54, 1.807) is 7.11 Å². The van der Waals surface area contributed by atoms with Crippen molar-refractivity contribution in [1.82, 2.24) is 4.90 Å². The number of nitrogens with zero attached hydrogens (tertiary/aromatic N) is 1. The summed E-state index contributed by atoms with van der Waals surface area (Å²) in [6.45, 7) is 7.36. The van der Waals surface area contributed by atoms with Crippen molar-refractivity contribution in [2.45, 2.75) is 39.7 Å². The summed E-state index contributed by atoms with van der Waals surface area (Å²) in [6.07, 6.45) is 4.98. The fourth-order valence-corrected chi connectivity index (χ4v) is 3.45. The topological polar surface area (TPSA) is 29.5 Å². The molecular formula is C18H25NO2. The second-order valence-electron chi connectivity index (χ2n) is 6.16. The fourth-order valence-electron chi connectivity index (χ4n) is 3.45. The van der Waals surface area contributed by atoms with Gasteiger partial charge < -0.3 is 9.64 Å². The molecule has 3 nitrogen and oxygen atoms in total. The number of hydrogen-bond donors (Lipinski definition) is 0. The van der Waals surface area contributed by atoms with Gasteiger partial charge >= 0.3 is 0 Å². The zero-order valence-electron chi connectivity index (χ0n) is 13.4. The first kappa shape index (κ1) is 15.6. The van der Waals surface area contributed by atoms with E-state index in [1.165, 1.54) is 5.57 Å². The van der Waals surface area contributed by atoms with Gasteiger partial charge in [-0.1, -0.05) is 43.7 Å². The number of likely N-dealkylation sites (tertiary alicyclic amines) is 1. The van der Waals surface area contributed by atoms with Gasteiger partial charge in [-0.3, -0.25) is 4.79 Å². The lowest BCUT2D eigenvalue weighted by Crippen LogP contribution is -2.51. The molecule has 0 bridgehead atoms. The van der Waals surface area contributed by atoms with Gasteiger partial charge in [0.05, 0.1) is 7.11 Å². The molecule has 1 fully saturated rings. The van der Waals surface area contributed by atoms with Crippen molar-refractivity contribution in [2.75, 3.05) is 13.7 Å². The van der Waals surface area contributed by atoms with E-state index in [9.17, 15) is 4.79 Å². The Balaban J connectivity index is 2.35. The van der Waals surface area contributed by atoms with Crippen molar-refractivity contribution in [3.05, 3.63) is 41.5 Å². The minimum atomic E-state index is -0.0191. The first-order chi connectivity index (χ1) is 10.0. The lowest BCUT2D eigenvalue weighted by Gasteiger charge is -2.47. The summed E-state index contributed by atoms with van der Waals surface area (Å²) in [6, 6.07) is 8.22. The number of benzene rings is 1. The Labute approximate surface area is 127 Å². The van der Waals surface area contributed by atoms with Gasteiger partial charge in [0.1, 0.15) is 5.75 Å². The average molecular weight is 287 g/mol. The number of para-hydroxylation sites is 1. The fraction of sp³-hybridized carbons (Fsp3) is 0.500. The van der Waals surface area contributed by atoms with Crippen LogP contribution in [0.25, 0.3) is 0 Å². The Bertz CT molecular complexity index is 534. The quantitative estimate of drug-likeness (QED) is 0.627. The van der Waals surface area contributed by atoms with Gasteiger partial charge in [-0.05, 0) is 31.4 Å². The number of rotatable bonds is 4. The van der Waals surface area contributed by atoms with Crippen LogP contribution >= 0.6 is 0 Å². The largest absolute Gasteiger partial charge is 0.496 e. The van der Waals surface area contributed by atoms with Crippen molar-refractivity contribution in [2.24, 2.45) is 5.41 Å². The van der Waals surface area contributed by atoms with Crippen LogP contribution in [0.2, 0.25) is 0 Å². The Morgan fingerprint density at radius 1 is 1.38 bits per heavy atom. The summed E-state index contributed by atoms with van der Waals surface area (Å²) >= 11 is 0. The van der Waals surface area contributed by atoms with Crippen LogP contribution in [0.5, 0.6) is 5.75 Å². The maximum Gasteiger partial charge on any atom is 0.210 e. The Morgan fingerprint density at radius 3 is 2.71 bits per heavy atom. The second-order valence-corrected chi connectivity index (χ2v) is 6.16. The summed E-state index contributed by atoms with van der Waals surface area (Å²) in [5.41, 5.74) is 2.57. The monoisotopic (exact) mass is 287 g/mol. The summed E-state index contributed by atoms with van der Waals surface area (Å²) in [4.78, 5) is 13.4. The third-order valence-electron chi connectivity index (χ3n) is 4.79. The zero-order valence-corrected chi connectivity index (χ0v) is 13.4. The SMILES string of the molecule is CC=C1CCN(C=O)C(Cc2ccccc2OC)C1(C)C. The standard InChI is InChI=1S/C18H25NO2/c1-5-15-10-11-19(13-20)17(18(15,2)3)12-14-8-6-7-9-16(14)21-4/h5-9,13,17H,10-12H2,1-4H3. The molecule has 0 radical (unpaired) electrons. The highest BCUT2D eigenvalue weighted by Gasteiger charge is 2.40. The predicted octanol–water partition coefficient (Wildman–Crippen LogP) is 3.44. The van der Waals surface area contributed by atoms with Gasteiger partial charge in [-0.15, -0.1) is 0 Å². The molecule has 3 heteroatoms. The molecule has 1 aromatic rings. The predicted molar refractivity (Wildman–Crippen MR) is 85.4 cm³/mol. The van der Waals surface area contributed by atoms with Crippen LogP contribution < -0.4 is 4.74 Å². The van der Waals surface area contributed by atoms with Crippen molar-refractivity contribution in [3.8, 4) is 5.75 Å². The first-order valence-electron chi connectivity index (χ1n) is 7.53. The van der Waals surface area contributed by atoms with E-state index in [0.717, 1.165) is 37.1 Å². The molecule has 1 saturated heterocycles. The molecule has 1 aliphatic heterocycles. The molecule has 114 valence electrons. The van der Waals surface area contributed by atoms with E-state index in [2.05, 4.69) is 32.9 Å². The van der Waals surface area contributed by atoms with Crippen LogP contribution in [-0.2, 0) is 11.2 Å². The summed E-state index contributed by atoms with van der Waals surface area (Å²) < 4.78 is 5.46. The van der Waals surface area contributed by atoms with E-state index >= 15 is 0 Å². The number of allylic oxidation sites excluding steroid dienone is 1. The van der Waals surface area contributed by atoms with E-state index in [-0.39, 0.29) is 11.5 Å². The van der Waals surface area contributed by atoms with Crippen LogP contribution in [0.15, 0.2) is 35.9 Å². The maximum absolute atomic E-state index is 11.5. The van der Waals surface area contributed by atoms with Gasteiger partial charge in [-0.2, -0.15) is 0 Å². The molecule has 1 amide bonds. The Kier molecular flexibility index (Phi) is 4.71. The van der Waals surface area contributed by atoms with E-state index in [1.807, 2.05) is 23.1 Å². The third-order valence-corrected chi connectivity index (χ3v) is 4.79. The van der Waals surface area contributed by atoms with Gasteiger partial charge in [0.25, 0.3) is 0 Å². The van der Waals surface area contributed by atoms with Crippen molar-refractivity contribution < 1.29 is 9.53 Å². The average Bonchev–Trinajstić information content (AvgIpc) is 2.49. The molecule has 0 aliphatic carbocycles. The Hall–Kier alpha value is -1.77. The second kappa shape index (κ2) is 6.33.